The number of hydrogen-bond donors (Lipinski definition) is 0. The molecule has 0 amide bonds. The highest BCUT2D eigenvalue weighted by molar-refractivity contribution is 5.71. The fourth-order valence-electron chi connectivity index (χ4n) is 8.48. The molecule has 0 saturated heterocycles. The quantitative estimate of drug-likeness (QED) is 0.0261. The zero-order valence-electron chi connectivity index (χ0n) is 51.5. The lowest BCUT2D eigenvalue weighted by Gasteiger charge is -2.18. The molecule has 6 nitrogen and oxygen atoms in total. The summed E-state index contributed by atoms with van der Waals surface area (Å²) in [5, 5.41) is 0. The summed E-state index contributed by atoms with van der Waals surface area (Å²) < 4.78 is 16.9. The molecule has 0 spiro atoms. The molecular weight excluding hydrogens is 985 g/mol. The SMILES string of the molecule is CC/C=C\C/C=C\C/C=C\C/C=C\C/C=C\C/C=C\C/C=C\C/C=C\C/C=C\CCCCCCCC(=O)OCC(COC(=O)CCCCCCCCCCCCCCCC)OC(=O)CCCC/C=C\C/C=C\C/C=C\C/C=C\CC. The first-order valence-corrected chi connectivity index (χ1v) is 32.5. The van der Waals surface area contributed by atoms with E-state index in [9.17, 15) is 14.4 Å². The van der Waals surface area contributed by atoms with Crippen molar-refractivity contribution in [2.75, 3.05) is 13.2 Å². The first-order valence-electron chi connectivity index (χ1n) is 32.5. The summed E-state index contributed by atoms with van der Waals surface area (Å²) in [6.07, 6.45) is 96.8. The van der Waals surface area contributed by atoms with Crippen molar-refractivity contribution in [3.8, 4) is 0 Å². The normalized spacial score (nSPS) is 13.2. The van der Waals surface area contributed by atoms with Crippen molar-refractivity contribution in [2.45, 2.75) is 277 Å². The van der Waals surface area contributed by atoms with Crippen LogP contribution in [0.4, 0.5) is 0 Å². The molecule has 0 bridgehead atoms. The molecule has 0 heterocycles. The number of allylic oxidation sites excluding steroid dienone is 26. The molecule has 0 aromatic rings. The lowest BCUT2D eigenvalue weighted by molar-refractivity contribution is -0.167. The van der Waals surface area contributed by atoms with Gasteiger partial charge in [-0.2, -0.15) is 0 Å². The van der Waals surface area contributed by atoms with Crippen molar-refractivity contribution in [1.29, 1.82) is 0 Å². The summed E-state index contributed by atoms with van der Waals surface area (Å²) in [5.74, 6) is -0.968. The van der Waals surface area contributed by atoms with E-state index in [2.05, 4.69) is 179 Å². The molecule has 450 valence electrons. The molecule has 0 N–H and O–H groups in total. The molecule has 0 radical (unpaired) electrons. The Labute approximate surface area is 492 Å². The van der Waals surface area contributed by atoms with Crippen molar-refractivity contribution >= 4 is 17.9 Å². The first-order chi connectivity index (χ1) is 39.5. The Bertz CT molecular complexity index is 1790. The Morgan fingerprint density at radius 2 is 0.487 bits per heavy atom. The third-order valence-electron chi connectivity index (χ3n) is 13.3. The van der Waals surface area contributed by atoms with Crippen LogP contribution < -0.4 is 0 Å². The largest absolute Gasteiger partial charge is 0.462 e. The molecule has 0 aromatic carbocycles. The Hall–Kier alpha value is -4.97. The summed E-state index contributed by atoms with van der Waals surface area (Å²) in [4.78, 5) is 38.3. The smallest absolute Gasteiger partial charge is 0.306 e. The van der Waals surface area contributed by atoms with Crippen molar-refractivity contribution < 1.29 is 28.6 Å². The molecule has 1 unspecified atom stereocenters. The summed E-state index contributed by atoms with van der Waals surface area (Å²) in [5.41, 5.74) is 0. The minimum Gasteiger partial charge on any atom is -0.462 e. The van der Waals surface area contributed by atoms with Gasteiger partial charge in [0.15, 0.2) is 6.10 Å². The lowest BCUT2D eigenvalue weighted by Crippen LogP contribution is -2.30. The number of carbonyl (C=O) groups excluding carboxylic acids is 3. The average molecular weight is 1100 g/mol. The highest BCUT2D eigenvalue weighted by atomic mass is 16.6. The maximum absolute atomic E-state index is 12.9. The minimum absolute atomic E-state index is 0.104. The van der Waals surface area contributed by atoms with E-state index in [1.807, 2.05) is 0 Å². The maximum atomic E-state index is 12.9. The number of rotatable bonds is 57. The fraction of sp³-hybridized carbons (Fsp3) is 0.608. The van der Waals surface area contributed by atoms with E-state index in [0.717, 1.165) is 154 Å². The zero-order chi connectivity index (χ0) is 57.8. The number of esters is 3. The van der Waals surface area contributed by atoms with Crippen molar-refractivity contribution in [3.63, 3.8) is 0 Å². The Morgan fingerprint density at radius 3 is 0.787 bits per heavy atom. The zero-order valence-corrected chi connectivity index (χ0v) is 51.5. The topological polar surface area (TPSA) is 78.9 Å². The van der Waals surface area contributed by atoms with Gasteiger partial charge in [0, 0.05) is 19.3 Å². The summed E-state index contributed by atoms with van der Waals surface area (Å²) in [6, 6.07) is 0. The van der Waals surface area contributed by atoms with E-state index in [1.165, 1.54) is 70.6 Å². The summed E-state index contributed by atoms with van der Waals surface area (Å²) in [6.45, 7) is 6.36. The lowest BCUT2D eigenvalue weighted by atomic mass is 10.0. The van der Waals surface area contributed by atoms with Gasteiger partial charge in [-0.25, -0.2) is 0 Å². The molecule has 0 rings (SSSR count). The maximum Gasteiger partial charge on any atom is 0.306 e. The number of unbranched alkanes of at least 4 members (excludes halogenated alkanes) is 20. The van der Waals surface area contributed by atoms with E-state index in [0.29, 0.717) is 19.3 Å². The molecule has 0 aliphatic carbocycles. The molecule has 0 aliphatic heterocycles. The van der Waals surface area contributed by atoms with Gasteiger partial charge in [-0.05, 0) is 128 Å². The van der Waals surface area contributed by atoms with Gasteiger partial charge in [0.1, 0.15) is 13.2 Å². The standard InChI is InChI=1S/C74H118O6/c1-4-7-10-13-16-19-22-25-28-29-30-31-32-33-34-35-36-37-38-39-40-41-42-43-44-45-47-49-52-55-58-61-64-67-73(76)79-70-71(69-78-72(75)66-63-60-57-54-51-48-27-24-21-18-15-12-9-6-3)80-74(77)68-65-62-59-56-53-50-46-26-23-20-17-14-11-8-5-2/h7-8,10-11,16-17,19-20,25-26,28,30-31,33-34,36-37,39-40,42-43,45-47,53,56,71H,4-6,9,12-15,18,21-24,27,29,32,35,38,41,44,48-52,54-55,57-70H2,1-3H3/b10-7-,11-8-,19-16-,20-17-,28-25-,31-30-,34-33-,37-36-,40-39-,43-42-,46-26-,47-45-,56-53-. The molecule has 80 heavy (non-hydrogen) atoms. The van der Waals surface area contributed by atoms with Crippen LogP contribution in [0.5, 0.6) is 0 Å². The van der Waals surface area contributed by atoms with E-state index < -0.39 is 6.10 Å². The molecular formula is C74H118O6. The minimum atomic E-state index is -0.814. The second kappa shape index (κ2) is 66.5. The highest BCUT2D eigenvalue weighted by Gasteiger charge is 2.19. The first kappa shape index (κ1) is 75.0. The van der Waals surface area contributed by atoms with Gasteiger partial charge >= 0.3 is 17.9 Å². The second-order valence-electron chi connectivity index (χ2n) is 20.9. The molecule has 0 saturated carbocycles. The molecule has 0 aliphatic rings. The fourth-order valence-corrected chi connectivity index (χ4v) is 8.48. The van der Waals surface area contributed by atoms with Gasteiger partial charge in [-0.3, -0.25) is 14.4 Å². The van der Waals surface area contributed by atoms with Crippen LogP contribution >= 0.6 is 0 Å². The number of ether oxygens (including phenoxy) is 3. The highest BCUT2D eigenvalue weighted by Crippen LogP contribution is 2.15. The second-order valence-corrected chi connectivity index (χ2v) is 20.9. The van der Waals surface area contributed by atoms with Gasteiger partial charge in [-0.1, -0.05) is 281 Å². The van der Waals surface area contributed by atoms with Crippen molar-refractivity contribution in [2.24, 2.45) is 0 Å². The van der Waals surface area contributed by atoms with Crippen LogP contribution in [-0.2, 0) is 28.6 Å². The van der Waals surface area contributed by atoms with Gasteiger partial charge < -0.3 is 14.2 Å². The van der Waals surface area contributed by atoms with Gasteiger partial charge in [0.05, 0.1) is 0 Å². The number of carbonyl (C=O) groups is 3. The Kier molecular flexibility index (Phi) is 62.4. The average Bonchev–Trinajstić information content (AvgIpc) is 3.46. The van der Waals surface area contributed by atoms with E-state index in [4.69, 9.17) is 14.2 Å². The predicted molar refractivity (Wildman–Crippen MR) is 348 cm³/mol. The molecule has 0 aromatic heterocycles. The predicted octanol–water partition coefficient (Wildman–Crippen LogP) is 22.5. The van der Waals surface area contributed by atoms with E-state index in [-0.39, 0.29) is 37.5 Å². The van der Waals surface area contributed by atoms with Crippen LogP contribution in [0.2, 0.25) is 0 Å². The Balaban J connectivity index is 4.37. The van der Waals surface area contributed by atoms with Crippen LogP contribution in [0.1, 0.15) is 271 Å². The third kappa shape index (κ3) is 63.9. The third-order valence-corrected chi connectivity index (χ3v) is 13.3. The van der Waals surface area contributed by atoms with Crippen molar-refractivity contribution in [3.05, 3.63) is 158 Å². The van der Waals surface area contributed by atoms with Crippen LogP contribution in [0.3, 0.4) is 0 Å². The van der Waals surface area contributed by atoms with E-state index in [1.54, 1.807) is 0 Å². The Morgan fingerprint density at radius 1 is 0.263 bits per heavy atom. The van der Waals surface area contributed by atoms with Crippen LogP contribution in [0, 0.1) is 0 Å². The van der Waals surface area contributed by atoms with Crippen LogP contribution in [0.25, 0.3) is 0 Å². The summed E-state index contributed by atoms with van der Waals surface area (Å²) in [7, 11) is 0. The van der Waals surface area contributed by atoms with Gasteiger partial charge in [-0.15, -0.1) is 0 Å². The number of hydrogen-bond acceptors (Lipinski definition) is 6. The van der Waals surface area contributed by atoms with Crippen LogP contribution in [0.15, 0.2) is 158 Å². The van der Waals surface area contributed by atoms with Crippen LogP contribution in [-0.4, -0.2) is 37.2 Å². The monoisotopic (exact) mass is 1100 g/mol. The van der Waals surface area contributed by atoms with Gasteiger partial charge in [0.2, 0.25) is 0 Å². The van der Waals surface area contributed by atoms with E-state index >= 15 is 0 Å². The van der Waals surface area contributed by atoms with Gasteiger partial charge in [0.25, 0.3) is 0 Å². The molecule has 0 fully saturated rings. The summed E-state index contributed by atoms with van der Waals surface area (Å²) >= 11 is 0. The molecule has 6 heteroatoms. The van der Waals surface area contributed by atoms with Crippen molar-refractivity contribution in [1.82, 2.24) is 0 Å². The molecule has 1 atom stereocenters.